The Kier molecular flexibility index (Phi) is 9.74. The van der Waals surface area contributed by atoms with E-state index in [9.17, 15) is 4.21 Å². The minimum Gasteiger partial charge on any atom is -0.460 e. The van der Waals surface area contributed by atoms with Gasteiger partial charge in [-0.05, 0) is 69.2 Å². The molecule has 2 unspecified atom stereocenters. The number of anilines is 2. The Morgan fingerprint density at radius 2 is 1.93 bits per heavy atom. The van der Waals surface area contributed by atoms with Gasteiger partial charge in [-0.2, -0.15) is 0 Å². The quantitative estimate of drug-likeness (QED) is 0.249. The number of benzene rings is 2. The van der Waals surface area contributed by atoms with Crippen LogP contribution in [0.2, 0.25) is 0 Å². The SMILES string of the molecule is C=C(C)S/C(=C(\C)Oc1ccc(NS(=O)C2CCOCC2)c2ccccc12)c1ccnc(NC2CCCNC2)n1. The summed E-state index contributed by atoms with van der Waals surface area (Å²) in [5, 5.41) is 8.86. The highest BCUT2D eigenvalue weighted by atomic mass is 32.2. The lowest BCUT2D eigenvalue weighted by molar-refractivity contribution is 0.0993. The molecule has 2 atom stereocenters. The van der Waals surface area contributed by atoms with E-state index in [4.69, 9.17) is 14.5 Å². The van der Waals surface area contributed by atoms with Crippen LogP contribution in [-0.2, 0) is 15.7 Å². The first-order valence-electron chi connectivity index (χ1n) is 13.8. The highest BCUT2D eigenvalue weighted by Crippen LogP contribution is 2.38. The normalized spacial score (nSPS) is 19.5. The zero-order valence-electron chi connectivity index (χ0n) is 23.1. The van der Waals surface area contributed by atoms with E-state index in [-0.39, 0.29) is 5.25 Å². The minimum atomic E-state index is -1.19. The van der Waals surface area contributed by atoms with Crippen molar-refractivity contribution in [2.24, 2.45) is 0 Å². The van der Waals surface area contributed by atoms with E-state index in [1.807, 2.05) is 56.3 Å². The molecule has 2 saturated heterocycles. The molecule has 2 aliphatic rings. The van der Waals surface area contributed by atoms with E-state index < -0.39 is 11.0 Å². The van der Waals surface area contributed by atoms with Gasteiger partial charge in [-0.1, -0.05) is 42.6 Å². The molecule has 3 heterocycles. The summed E-state index contributed by atoms with van der Waals surface area (Å²) in [4.78, 5) is 11.1. The molecule has 212 valence electrons. The summed E-state index contributed by atoms with van der Waals surface area (Å²) in [5.74, 6) is 2.04. The molecule has 2 aliphatic heterocycles. The second-order valence-electron chi connectivity index (χ2n) is 10.1. The third-order valence-corrected chi connectivity index (χ3v) is 9.49. The van der Waals surface area contributed by atoms with Gasteiger partial charge in [0, 0.05) is 42.8 Å². The van der Waals surface area contributed by atoms with Crippen LogP contribution in [0.5, 0.6) is 5.75 Å². The van der Waals surface area contributed by atoms with Crippen molar-refractivity contribution in [1.82, 2.24) is 15.3 Å². The lowest BCUT2D eigenvalue weighted by atomic mass is 10.1. The lowest BCUT2D eigenvalue weighted by Gasteiger charge is -2.24. The fourth-order valence-corrected chi connectivity index (χ4v) is 6.87. The van der Waals surface area contributed by atoms with Gasteiger partial charge in [0.05, 0.1) is 21.5 Å². The van der Waals surface area contributed by atoms with Crippen molar-refractivity contribution in [3.63, 3.8) is 0 Å². The van der Waals surface area contributed by atoms with Crippen LogP contribution in [0.1, 0.15) is 45.2 Å². The average Bonchev–Trinajstić information content (AvgIpc) is 2.98. The summed E-state index contributed by atoms with van der Waals surface area (Å²) >= 11 is 1.53. The molecule has 0 spiro atoms. The van der Waals surface area contributed by atoms with E-state index in [0.717, 1.165) is 76.5 Å². The topological polar surface area (TPSA) is 97.4 Å². The molecule has 0 saturated carbocycles. The molecule has 0 bridgehead atoms. The second kappa shape index (κ2) is 13.6. The van der Waals surface area contributed by atoms with Gasteiger partial charge >= 0.3 is 0 Å². The Morgan fingerprint density at radius 3 is 2.67 bits per heavy atom. The van der Waals surface area contributed by atoms with Crippen LogP contribution in [0.4, 0.5) is 11.6 Å². The molecule has 3 aromatic rings. The number of aromatic nitrogens is 2. The summed E-state index contributed by atoms with van der Waals surface area (Å²) in [7, 11) is -1.19. The molecule has 0 radical (unpaired) electrons. The fraction of sp³-hybridized carbons (Fsp3) is 0.400. The van der Waals surface area contributed by atoms with Crippen molar-refractivity contribution in [2.75, 3.05) is 36.3 Å². The number of ether oxygens (including phenoxy) is 2. The third kappa shape index (κ3) is 7.23. The summed E-state index contributed by atoms with van der Waals surface area (Å²) in [6.45, 7) is 11.3. The number of piperidine rings is 1. The number of hydrogen-bond donors (Lipinski definition) is 3. The number of nitrogens with one attached hydrogen (secondary N) is 3. The van der Waals surface area contributed by atoms with Gasteiger partial charge in [0.2, 0.25) is 5.95 Å². The number of nitrogens with zero attached hydrogens (tertiary/aromatic N) is 2. The molecule has 0 aliphatic carbocycles. The van der Waals surface area contributed by atoms with Gasteiger partial charge in [0.1, 0.15) is 22.5 Å². The van der Waals surface area contributed by atoms with Crippen molar-refractivity contribution >= 4 is 50.1 Å². The van der Waals surface area contributed by atoms with Crippen LogP contribution < -0.4 is 20.1 Å². The first kappa shape index (κ1) is 28.6. The van der Waals surface area contributed by atoms with Crippen LogP contribution in [-0.4, -0.2) is 51.8 Å². The molecule has 2 fully saturated rings. The summed E-state index contributed by atoms with van der Waals surface area (Å²) in [6, 6.07) is 14.1. The maximum absolute atomic E-state index is 13.1. The van der Waals surface area contributed by atoms with Crippen LogP contribution in [0.25, 0.3) is 15.7 Å². The maximum Gasteiger partial charge on any atom is 0.223 e. The van der Waals surface area contributed by atoms with Gasteiger partial charge in [-0.15, -0.1) is 0 Å². The summed E-state index contributed by atoms with van der Waals surface area (Å²) in [6.07, 6.45) is 5.59. The summed E-state index contributed by atoms with van der Waals surface area (Å²) < 4.78 is 28.3. The standard InChI is InChI=1S/C30H37N5O3S2/c1-20(2)39-29(27-12-16-32-30(34-27)33-22-7-6-15-31-19-22)21(3)38-28-11-10-26(24-8-4-5-9-25(24)28)35-40(36)23-13-17-37-18-14-23/h4-5,8-12,16,22-23,31,35H,1,6-7,13-15,17-19H2,2-3H3,(H,32,33,34)/b29-21+. The van der Waals surface area contributed by atoms with Gasteiger partial charge < -0.3 is 24.8 Å². The van der Waals surface area contributed by atoms with E-state index in [1.165, 1.54) is 11.8 Å². The minimum absolute atomic E-state index is 0.0805. The van der Waals surface area contributed by atoms with Crippen LogP contribution >= 0.6 is 11.8 Å². The summed E-state index contributed by atoms with van der Waals surface area (Å²) in [5.41, 5.74) is 1.61. The molecule has 1 aromatic heterocycles. The smallest absolute Gasteiger partial charge is 0.223 e. The Balaban J connectivity index is 1.42. The predicted molar refractivity (Wildman–Crippen MR) is 167 cm³/mol. The highest BCUT2D eigenvalue weighted by molar-refractivity contribution is 8.11. The van der Waals surface area contributed by atoms with Crippen molar-refractivity contribution in [3.8, 4) is 5.75 Å². The first-order chi connectivity index (χ1) is 19.5. The molecule has 2 aromatic carbocycles. The highest BCUT2D eigenvalue weighted by Gasteiger charge is 2.22. The predicted octanol–water partition coefficient (Wildman–Crippen LogP) is 6.08. The molecule has 40 heavy (non-hydrogen) atoms. The molecule has 8 nitrogen and oxygen atoms in total. The molecular weight excluding hydrogens is 542 g/mol. The molecule has 3 N–H and O–H groups in total. The second-order valence-corrected chi connectivity index (χ2v) is 12.9. The van der Waals surface area contributed by atoms with E-state index in [0.29, 0.717) is 31.0 Å². The third-order valence-electron chi connectivity index (χ3n) is 6.94. The number of thioether (sulfide) groups is 1. The van der Waals surface area contributed by atoms with Crippen molar-refractivity contribution in [1.29, 1.82) is 0 Å². The Hall–Kier alpha value is -2.92. The molecule has 10 heteroatoms. The van der Waals surface area contributed by atoms with Gasteiger partial charge in [0.15, 0.2) is 0 Å². The van der Waals surface area contributed by atoms with Crippen molar-refractivity contribution in [2.45, 2.75) is 50.8 Å². The molecule has 5 rings (SSSR count). The number of rotatable bonds is 10. The monoisotopic (exact) mass is 579 g/mol. The average molecular weight is 580 g/mol. The van der Waals surface area contributed by atoms with E-state index in [1.54, 1.807) is 6.20 Å². The lowest BCUT2D eigenvalue weighted by Crippen LogP contribution is -2.38. The Bertz CT molecular complexity index is 1400. The number of fused-ring (bicyclic) bond motifs is 1. The van der Waals surface area contributed by atoms with Crippen molar-refractivity contribution in [3.05, 3.63) is 71.6 Å². The maximum atomic E-state index is 13.1. The largest absolute Gasteiger partial charge is 0.460 e. The van der Waals surface area contributed by atoms with E-state index >= 15 is 0 Å². The molecular formula is C30H37N5O3S2. The first-order valence-corrected chi connectivity index (χ1v) is 15.8. The number of allylic oxidation sites excluding steroid dienone is 2. The van der Waals surface area contributed by atoms with Crippen LogP contribution in [0.15, 0.2) is 65.9 Å². The van der Waals surface area contributed by atoms with Gasteiger partial charge in [-0.25, -0.2) is 14.2 Å². The Labute approximate surface area is 243 Å². The fourth-order valence-electron chi connectivity index (χ4n) is 4.93. The van der Waals surface area contributed by atoms with Crippen LogP contribution in [0, 0.1) is 0 Å². The van der Waals surface area contributed by atoms with Crippen LogP contribution in [0.3, 0.4) is 0 Å². The zero-order chi connectivity index (χ0) is 27.9. The Morgan fingerprint density at radius 1 is 1.12 bits per heavy atom. The molecule has 0 amide bonds. The zero-order valence-corrected chi connectivity index (χ0v) is 24.7. The van der Waals surface area contributed by atoms with E-state index in [2.05, 4.69) is 26.9 Å². The van der Waals surface area contributed by atoms with Gasteiger partial charge in [-0.3, -0.25) is 0 Å². The number of hydrogen-bond acceptors (Lipinski definition) is 8. The van der Waals surface area contributed by atoms with Crippen molar-refractivity contribution < 1.29 is 13.7 Å². The van der Waals surface area contributed by atoms with Gasteiger partial charge in [0.25, 0.3) is 0 Å².